The fraction of sp³-hybridized carbons (Fsp3) is 1.00. The molecule has 1 heterocycles. The molecule has 0 aromatic carbocycles. The van der Waals surface area contributed by atoms with Crippen molar-refractivity contribution < 1.29 is 5.11 Å². The van der Waals surface area contributed by atoms with Crippen LogP contribution in [0.2, 0.25) is 0 Å². The van der Waals surface area contributed by atoms with Crippen molar-refractivity contribution in [1.29, 1.82) is 0 Å². The number of rotatable bonds is 4. The average molecular weight is 254 g/mol. The molecule has 4 N–H and O–H groups in total. The van der Waals surface area contributed by atoms with E-state index in [0.29, 0.717) is 12.5 Å². The van der Waals surface area contributed by atoms with E-state index >= 15 is 0 Å². The summed E-state index contributed by atoms with van der Waals surface area (Å²) in [4.78, 5) is 0. The van der Waals surface area contributed by atoms with Gasteiger partial charge in [-0.15, -0.1) is 0 Å². The summed E-state index contributed by atoms with van der Waals surface area (Å²) in [7, 11) is 0. The van der Waals surface area contributed by atoms with Gasteiger partial charge in [-0.1, -0.05) is 20.3 Å². The van der Waals surface area contributed by atoms with Crippen LogP contribution in [0, 0.1) is 17.3 Å². The zero-order valence-corrected chi connectivity index (χ0v) is 12.0. The van der Waals surface area contributed by atoms with Crippen molar-refractivity contribution in [3.8, 4) is 0 Å². The molecule has 106 valence electrons. The van der Waals surface area contributed by atoms with Crippen LogP contribution in [0.15, 0.2) is 0 Å². The van der Waals surface area contributed by atoms with E-state index in [9.17, 15) is 5.11 Å². The Labute approximate surface area is 112 Å². The minimum absolute atomic E-state index is 0.0174. The Hall–Kier alpha value is -0.120. The van der Waals surface area contributed by atoms with Crippen molar-refractivity contribution in [2.45, 2.75) is 58.0 Å². The smallest absolute Gasteiger partial charge is 0.0767 e. The van der Waals surface area contributed by atoms with Gasteiger partial charge in [-0.3, -0.25) is 0 Å². The molecule has 4 unspecified atom stereocenters. The van der Waals surface area contributed by atoms with E-state index in [4.69, 9.17) is 5.73 Å². The summed E-state index contributed by atoms with van der Waals surface area (Å²) in [6, 6.07) is 0. The number of piperidine rings is 1. The first kappa shape index (κ1) is 14.3. The van der Waals surface area contributed by atoms with Gasteiger partial charge in [-0.2, -0.15) is 0 Å². The highest BCUT2D eigenvalue weighted by molar-refractivity contribution is 5.08. The normalized spacial score (nSPS) is 45.3. The van der Waals surface area contributed by atoms with E-state index in [-0.39, 0.29) is 5.41 Å². The van der Waals surface area contributed by atoms with E-state index in [1.807, 2.05) is 0 Å². The van der Waals surface area contributed by atoms with Gasteiger partial charge in [-0.05, 0) is 44.6 Å². The van der Waals surface area contributed by atoms with Crippen LogP contribution >= 0.6 is 0 Å². The number of nitrogens with one attached hydrogen (secondary N) is 1. The molecule has 3 nitrogen and oxygen atoms in total. The molecule has 4 atom stereocenters. The summed E-state index contributed by atoms with van der Waals surface area (Å²) in [6.07, 6.45) is 6.65. The van der Waals surface area contributed by atoms with Gasteiger partial charge >= 0.3 is 0 Å². The lowest BCUT2D eigenvalue weighted by atomic mass is 9.60. The van der Waals surface area contributed by atoms with Gasteiger partial charge in [0.05, 0.1) is 5.60 Å². The lowest BCUT2D eigenvalue weighted by molar-refractivity contribution is -0.139. The third-order valence-corrected chi connectivity index (χ3v) is 5.84. The predicted octanol–water partition coefficient (Wildman–Crippen LogP) is 1.89. The molecule has 0 bridgehead atoms. The highest BCUT2D eigenvalue weighted by Crippen LogP contribution is 2.54. The van der Waals surface area contributed by atoms with Crippen LogP contribution in [0.3, 0.4) is 0 Å². The molecule has 1 aliphatic heterocycles. The van der Waals surface area contributed by atoms with Crippen LogP contribution in [0.1, 0.15) is 52.4 Å². The third kappa shape index (κ3) is 2.10. The van der Waals surface area contributed by atoms with E-state index in [2.05, 4.69) is 19.2 Å². The zero-order valence-electron chi connectivity index (χ0n) is 12.0. The molecule has 0 amide bonds. The van der Waals surface area contributed by atoms with Crippen molar-refractivity contribution >= 4 is 0 Å². The van der Waals surface area contributed by atoms with Crippen LogP contribution in [-0.4, -0.2) is 30.3 Å². The third-order valence-electron chi connectivity index (χ3n) is 5.84. The van der Waals surface area contributed by atoms with Gasteiger partial charge < -0.3 is 16.2 Å². The topological polar surface area (TPSA) is 58.3 Å². The first-order chi connectivity index (χ1) is 8.62. The molecule has 1 saturated heterocycles. The highest BCUT2D eigenvalue weighted by atomic mass is 16.3. The molecular weight excluding hydrogens is 224 g/mol. The van der Waals surface area contributed by atoms with Crippen molar-refractivity contribution in [3.05, 3.63) is 0 Å². The second kappa shape index (κ2) is 5.48. The van der Waals surface area contributed by atoms with E-state index in [1.54, 1.807) is 0 Å². The lowest BCUT2D eigenvalue weighted by Gasteiger charge is -2.52. The molecule has 18 heavy (non-hydrogen) atoms. The molecule has 2 aliphatic rings. The minimum atomic E-state index is -0.536. The van der Waals surface area contributed by atoms with Gasteiger partial charge in [0.2, 0.25) is 0 Å². The van der Waals surface area contributed by atoms with Crippen LogP contribution in [0.25, 0.3) is 0 Å². The molecule has 3 heteroatoms. The standard InChI is InChI=1S/C15H30N2O/c1-3-12-5-6-14(9-12,11-16)15(18)7-8-17-10-13(15)4-2/h12-13,17-18H,3-11,16H2,1-2H3. The molecule has 1 aliphatic carbocycles. The summed E-state index contributed by atoms with van der Waals surface area (Å²) in [6.45, 7) is 6.99. The summed E-state index contributed by atoms with van der Waals surface area (Å²) in [5.74, 6) is 1.13. The maximum Gasteiger partial charge on any atom is 0.0767 e. The molecule has 2 rings (SSSR count). The quantitative estimate of drug-likeness (QED) is 0.718. The van der Waals surface area contributed by atoms with Crippen molar-refractivity contribution in [2.24, 2.45) is 23.0 Å². The second-order valence-electron chi connectivity index (χ2n) is 6.49. The number of nitrogens with two attached hydrogens (primary N) is 1. The minimum Gasteiger partial charge on any atom is -0.389 e. The maximum atomic E-state index is 11.4. The summed E-state index contributed by atoms with van der Waals surface area (Å²) >= 11 is 0. The summed E-state index contributed by atoms with van der Waals surface area (Å²) < 4.78 is 0. The molecular formula is C15H30N2O. The SMILES string of the molecule is CCC1CCC(CN)(C2(O)CCNCC2CC)C1. The van der Waals surface area contributed by atoms with Crippen molar-refractivity contribution in [3.63, 3.8) is 0 Å². The Morgan fingerprint density at radius 2 is 2.06 bits per heavy atom. The van der Waals surface area contributed by atoms with Crippen molar-refractivity contribution in [1.82, 2.24) is 5.32 Å². The predicted molar refractivity (Wildman–Crippen MR) is 75.3 cm³/mol. The van der Waals surface area contributed by atoms with Gasteiger partial charge in [-0.25, -0.2) is 0 Å². The second-order valence-corrected chi connectivity index (χ2v) is 6.49. The van der Waals surface area contributed by atoms with Gasteiger partial charge in [0.25, 0.3) is 0 Å². The fourth-order valence-electron chi connectivity index (χ4n) is 4.45. The number of aliphatic hydroxyl groups is 1. The molecule has 0 radical (unpaired) electrons. The maximum absolute atomic E-state index is 11.4. The summed E-state index contributed by atoms with van der Waals surface area (Å²) in [5.41, 5.74) is 5.58. The monoisotopic (exact) mass is 254 g/mol. The summed E-state index contributed by atoms with van der Waals surface area (Å²) in [5, 5.41) is 14.8. The first-order valence-electron chi connectivity index (χ1n) is 7.75. The zero-order chi connectivity index (χ0) is 13.2. The lowest BCUT2D eigenvalue weighted by Crippen LogP contribution is -2.61. The molecule has 0 aromatic rings. The number of hydrogen-bond acceptors (Lipinski definition) is 3. The molecule has 1 saturated carbocycles. The van der Waals surface area contributed by atoms with Crippen LogP contribution in [0.5, 0.6) is 0 Å². The van der Waals surface area contributed by atoms with E-state index < -0.39 is 5.60 Å². The van der Waals surface area contributed by atoms with Crippen LogP contribution < -0.4 is 11.1 Å². The highest BCUT2D eigenvalue weighted by Gasteiger charge is 2.56. The fourth-order valence-corrected chi connectivity index (χ4v) is 4.45. The Morgan fingerprint density at radius 3 is 2.61 bits per heavy atom. The molecule has 0 spiro atoms. The Morgan fingerprint density at radius 1 is 1.28 bits per heavy atom. The largest absolute Gasteiger partial charge is 0.389 e. The van der Waals surface area contributed by atoms with E-state index in [0.717, 1.165) is 44.7 Å². The average Bonchev–Trinajstić information content (AvgIpc) is 2.84. The first-order valence-corrected chi connectivity index (χ1v) is 7.75. The molecule has 0 aromatic heterocycles. The Balaban J connectivity index is 2.24. The Kier molecular flexibility index (Phi) is 4.35. The Bertz CT molecular complexity index is 284. The van der Waals surface area contributed by atoms with Gasteiger partial charge in [0, 0.05) is 24.4 Å². The van der Waals surface area contributed by atoms with E-state index in [1.165, 1.54) is 12.8 Å². The van der Waals surface area contributed by atoms with Gasteiger partial charge in [0.15, 0.2) is 0 Å². The number of hydrogen-bond donors (Lipinski definition) is 3. The van der Waals surface area contributed by atoms with Crippen molar-refractivity contribution in [2.75, 3.05) is 19.6 Å². The molecule has 2 fully saturated rings. The van der Waals surface area contributed by atoms with Gasteiger partial charge in [0.1, 0.15) is 0 Å². The van der Waals surface area contributed by atoms with Crippen LogP contribution in [0.4, 0.5) is 0 Å². The van der Waals surface area contributed by atoms with Crippen LogP contribution in [-0.2, 0) is 0 Å².